The van der Waals surface area contributed by atoms with Gasteiger partial charge in [-0.15, -0.1) is 0 Å². The van der Waals surface area contributed by atoms with E-state index < -0.39 is 0 Å². The molecule has 6 nitrogen and oxygen atoms in total. The summed E-state index contributed by atoms with van der Waals surface area (Å²) in [7, 11) is 0. The molecular weight excluding hydrogens is 388 g/mol. The summed E-state index contributed by atoms with van der Waals surface area (Å²) >= 11 is 6.29. The number of aromatic nitrogens is 3. The van der Waals surface area contributed by atoms with E-state index in [9.17, 15) is 4.79 Å². The van der Waals surface area contributed by atoms with Crippen molar-refractivity contribution in [2.75, 3.05) is 5.32 Å². The molecule has 4 rings (SSSR count). The summed E-state index contributed by atoms with van der Waals surface area (Å²) in [5.41, 5.74) is 4.43. The Morgan fingerprint density at radius 1 is 1.21 bits per heavy atom. The molecule has 1 N–H and O–H groups in total. The van der Waals surface area contributed by atoms with Gasteiger partial charge in [-0.3, -0.25) is 9.78 Å². The fraction of sp³-hybridized carbons (Fsp3) is 0.136. The molecule has 1 aromatic carbocycles. The maximum atomic E-state index is 12.9. The number of aryl methyl sites for hydroxylation is 2. The molecule has 0 atom stereocenters. The Morgan fingerprint density at radius 3 is 2.86 bits per heavy atom. The molecule has 0 aliphatic carbocycles. The van der Waals surface area contributed by atoms with E-state index in [2.05, 4.69) is 15.3 Å². The largest absolute Gasteiger partial charge is 0.487 e. The molecule has 0 aliphatic heterocycles. The summed E-state index contributed by atoms with van der Waals surface area (Å²) in [4.78, 5) is 21.4. The van der Waals surface area contributed by atoms with E-state index in [1.807, 2.05) is 36.6 Å². The van der Waals surface area contributed by atoms with Crippen LogP contribution in [0.25, 0.3) is 5.65 Å². The first kappa shape index (κ1) is 19.0. The molecule has 0 bridgehead atoms. The number of hydrogen-bond donors (Lipinski definition) is 1. The summed E-state index contributed by atoms with van der Waals surface area (Å²) in [6, 6.07) is 12.7. The summed E-state index contributed by atoms with van der Waals surface area (Å²) in [5.74, 6) is 0.418. The van der Waals surface area contributed by atoms with Gasteiger partial charge in [-0.1, -0.05) is 11.6 Å². The van der Waals surface area contributed by atoms with E-state index in [1.165, 1.54) is 0 Å². The van der Waals surface area contributed by atoms with Gasteiger partial charge in [-0.25, -0.2) is 4.98 Å². The standard InChI is InChI=1S/C22H19ClN4O2/c1-14-10-15(2)27-9-7-19(21(27)25-14)22(28)26-17-5-6-20(23)16(11-17)13-29-18-4-3-8-24-12-18/h3-12H,13H2,1-2H3,(H,26,28). The third-order valence-electron chi connectivity index (χ3n) is 4.52. The van der Waals surface area contributed by atoms with Gasteiger partial charge in [-0.2, -0.15) is 0 Å². The smallest absolute Gasteiger partial charge is 0.259 e. The van der Waals surface area contributed by atoms with Crippen molar-refractivity contribution in [1.82, 2.24) is 14.4 Å². The quantitative estimate of drug-likeness (QED) is 0.515. The number of pyridine rings is 1. The lowest BCUT2D eigenvalue weighted by Gasteiger charge is -2.11. The number of hydrogen-bond acceptors (Lipinski definition) is 4. The first-order chi connectivity index (χ1) is 14.0. The van der Waals surface area contributed by atoms with Crippen molar-refractivity contribution < 1.29 is 9.53 Å². The Kier molecular flexibility index (Phi) is 5.18. The number of benzene rings is 1. The number of carbonyl (C=O) groups excluding carboxylic acids is 1. The van der Waals surface area contributed by atoms with Crippen LogP contribution in [-0.2, 0) is 6.61 Å². The van der Waals surface area contributed by atoms with Gasteiger partial charge in [0.25, 0.3) is 5.91 Å². The van der Waals surface area contributed by atoms with E-state index in [0.717, 1.165) is 17.0 Å². The highest BCUT2D eigenvalue weighted by Crippen LogP contribution is 2.23. The average Bonchev–Trinajstić information content (AvgIpc) is 3.13. The van der Waals surface area contributed by atoms with E-state index in [-0.39, 0.29) is 12.5 Å². The summed E-state index contributed by atoms with van der Waals surface area (Å²) in [6.45, 7) is 4.16. The van der Waals surface area contributed by atoms with Crippen LogP contribution in [0.4, 0.5) is 5.69 Å². The average molecular weight is 407 g/mol. The van der Waals surface area contributed by atoms with Gasteiger partial charge < -0.3 is 14.5 Å². The lowest BCUT2D eigenvalue weighted by Crippen LogP contribution is -2.13. The highest BCUT2D eigenvalue weighted by atomic mass is 35.5. The lowest BCUT2D eigenvalue weighted by molar-refractivity contribution is 0.102. The Morgan fingerprint density at radius 2 is 2.07 bits per heavy atom. The molecule has 0 radical (unpaired) electrons. The van der Waals surface area contributed by atoms with Gasteiger partial charge >= 0.3 is 0 Å². The Bertz CT molecular complexity index is 1190. The van der Waals surface area contributed by atoms with Crippen LogP contribution in [0, 0.1) is 13.8 Å². The van der Waals surface area contributed by atoms with Crippen molar-refractivity contribution in [3.63, 3.8) is 0 Å². The Hall–Kier alpha value is -3.38. The van der Waals surface area contributed by atoms with Crippen molar-refractivity contribution in [3.8, 4) is 5.75 Å². The molecular formula is C22H19ClN4O2. The molecule has 146 valence electrons. The number of nitrogens with zero attached hydrogens (tertiary/aromatic N) is 3. The zero-order valence-electron chi connectivity index (χ0n) is 16.0. The summed E-state index contributed by atoms with van der Waals surface area (Å²) in [6.07, 6.45) is 5.16. The van der Waals surface area contributed by atoms with Gasteiger partial charge in [0.05, 0.1) is 11.8 Å². The predicted molar refractivity (Wildman–Crippen MR) is 113 cm³/mol. The number of anilines is 1. The molecule has 0 fully saturated rings. The van der Waals surface area contributed by atoms with Crippen LogP contribution in [0.3, 0.4) is 0 Å². The van der Waals surface area contributed by atoms with Crippen molar-refractivity contribution in [3.05, 3.63) is 88.6 Å². The second-order valence-corrected chi connectivity index (χ2v) is 7.11. The molecule has 0 saturated carbocycles. The minimum atomic E-state index is -0.230. The SMILES string of the molecule is Cc1cc(C)n2ccc(C(=O)Nc3ccc(Cl)c(COc4cccnc4)c3)c2n1. The van der Waals surface area contributed by atoms with Crippen molar-refractivity contribution in [2.24, 2.45) is 0 Å². The molecule has 0 unspecified atom stereocenters. The second-order valence-electron chi connectivity index (χ2n) is 6.70. The number of carbonyl (C=O) groups is 1. The molecule has 0 aliphatic rings. The number of nitrogens with one attached hydrogen (secondary N) is 1. The number of amides is 1. The molecule has 29 heavy (non-hydrogen) atoms. The van der Waals surface area contributed by atoms with Gasteiger partial charge in [0.15, 0.2) is 0 Å². The van der Waals surface area contributed by atoms with Crippen LogP contribution >= 0.6 is 11.6 Å². The van der Waals surface area contributed by atoms with E-state index in [4.69, 9.17) is 16.3 Å². The zero-order chi connectivity index (χ0) is 20.4. The molecule has 1 amide bonds. The molecule has 0 spiro atoms. The van der Waals surface area contributed by atoms with Crippen LogP contribution in [0.1, 0.15) is 27.3 Å². The first-order valence-corrected chi connectivity index (χ1v) is 9.47. The van der Waals surface area contributed by atoms with Crippen LogP contribution in [0.15, 0.2) is 61.1 Å². The van der Waals surface area contributed by atoms with Crippen molar-refractivity contribution in [1.29, 1.82) is 0 Å². The van der Waals surface area contributed by atoms with Crippen LogP contribution in [0.5, 0.6) is 5.75 Å². The highest BCUT2D eigenvalue weighted by Gasteiger charge is 2.15. The third-order valence-corrected chi connectivity index (χ3v) is 4.89. The number of halogens is 1. The van der Waals surface area contributed by atoms with E-state index in [1.54, 1.807) is 42.7 Å². The molecule has 3 aromatic heterocycles. The second kappa shape index (κ2) is 7.93. The molecule has 4 aromatic rings. The normalized spacial score (nSPS) is 10.9. The fourth-order valence-corrected chi connectivity index (χ4v) is 3.30. The minimum absolute atomic E-state index is 0.230. The minimum Gasteiger partial charge on any atom is -0.487 e. The van der Waals surface area contributed by atoms with E-state index in [0.29, 0.717) is 27.7 Å². The van der Waals surface area contributed by atoms with Gasteiger partial charge in [0.2, 0.25) is 0 Å². The van der Waals surface area contributed by atoms with Gasteiger partial charge in [0, 0.05) is 40.1 Å². The fourth-order valence-electron chi connectivity index (χ4n) is 3.13. The van der Waals surface area contributed by atoms with Crippen molar-refractivity contribution in [2.45, 2.75) is 20.5 Å². The predicted octanol–water partition coefficient (Wildman–Crippen LogP) is 4.83. The Balaban J connectivity index is 1.54. The number of fused-ring (bicyclic) bond motifs is 1. The van der Waals surface area contributed by atoms with Gasteiger partial charge in [-0.05, 0) is 56.3 Å². The maximum Gasteiger partial charge on any atom is 0.259 e. The summed E-state index contributed by atoms with van der Waals surface area (Å²) < 4.78 is 7.62. The topological polar surface area (TPSA) is 68.5 Å². The maximum absolute atomic E-state index is 12.9. The monoisotopic (exact) mass is 406 g/mol. The van der Waals surface area contributed by atoms with Gasteiger partial charge in [0.1, 0.15) is 18.0 Å². The van der Waals surface area contributed by atoms with Crippen LogP contribution in [0.2, 0.25) is 5.02 Å². The first-order valence-electron chi connectivity index (χ1n) is 9.09. The van der Waals surface area contributed by atoms with E-state index >= 15 is 0 Å². The Labute approximate surface area is 173 Å². The molecule has 7 heteroatoms. The summed E-state index contributed by atoms with van der Waals surface area (Å²) in [5, 5.41) is 3.49. The van der Waals surface area contributed by atoms with Crippen LogP contribution in [-0.4, -0.2) is 20.3 Å². The number of ether oxygens (including phenoxy) is 1. The van der Waals surface area contributed by atoms with Crippen molar-refractivity contribution >= 4 is 28.8 Å². The highest BCUT2D eigenvalue weighted by molar-refractivity contribution is 6.31. The zero-order valence-corrected chi connectivity index (χ0v) is 16.8. The third kappa shape index (κ3) is 4.07. The molecule has 0 saturated heterocycles. The molecule has 3 heterocycles. The number of rotatable bonds is 5. The van der Waals surface area contributed by atoms with Crippen LogP contribution < -0.4 is 10.1 Å². The lowest BCUT2D eigenvalue weighted by atomic mass is 10.2.